The number of hydrogen-bond acceptors (Lipinski definition) is 1. The van der Waals surface area contributed by atoms with Crippen LogP contribution in [0.5, 0.6) is 0 Å². The number of rotatable bonds is 1. The van der Waals surface area contributed by atoms with Crippen molar-refractivity contribution in [2.45, 2.75) is 0 Å². The molecule has 21 heavy (non-hydrogen) atoms. The van der Waals surface area contributed by atoms with E-state index >= 15 is 0 Å². The molecule has 0 saturated carbocycles. The zero-order chi connectivity index (χ0) is 14.4. The maximum atomic E-state index is 13.4. The highest BCUT2D eigenvalue weighted by Crippen LogP contribution is 2.34. The van der Waals surface area contributed by atoms with Crippen LogP contribution in [0.1, 0.15) is 11.1 Å². The molecule has 0 bridgehead atoms. The van der Waals surface area contributed by atoms with E-state index in [1.54, 1.807) is 12.1 Å². The summed E-state index contributed by atoms with van der Waals surface area (Å²) in [7, 11) is 0. The number of aromatic amines is 1. The van der Waals surface area contributed by atoms with Gasteiger partial charge in [-0.3, -0.25) is 4.79 Å². The monoisotopic (exact) mass is 278 g/mol. The molecule has 1 aliphatic rings. The predicted molar refractivity (Wildman–Crippen MR) is 81.2 cm³/mol. The molecule has 1 aromatic heterocycles. The van der Waals surface area contributed by atoms with Crippen LogP contribution >= 0.6 is 0 Å². The number of amides is 1. The van der Waals surface area contributed by atoms with E-state index < -0.39 is 0 Å². The lowest BCUT2D eigenvalue weighted by molar-refractivity contribution is -0.110. The fourth-order valence-electron chi connectivity index (χ4n) is 2.67. The fourth-order valence-corrected chi connectivity index (χ4v) is 2.67. The molecule has 0 saturated heterocycles. The van der Waals surface area contributed by atoms with Crippen molar-refractivity contribution in [1.82, 2.24) is 4.98 Å². The van der Waals surface area contributed by atoms with Crippen LogP contribution in [0, 0.1) is 5.82 Å². The molecule has 0 fully saturated rings. The van der Waals surface area contributed by atoms with Crippen molar-refractivity contribution in [2.24, 2.45) is 0 Å². The van der Waals surface area contributed by atoms with E-state index in [0.29, 0.717) is 16.8 Å². The van der Waals surface area contributed by atoms with Crippen molar-refractivity contribution < 1.29 is 9.18 Å². The summed E-state index contributed by atoms with van der Waals surface area (Å²) in [5, 5.41) is 3.78. The van der Waals surface area contributed by atoms with Crippen molar-refractivity contribution >= 4 is 34.1 Å². The Labute approximate surface area is 120 Å². The molecular formula is C17H11FN2O. The normalized spacial score (nSPS) is 15.5. The van der Waals surface area contributed by atoms with Crippen molar-refractivity contribution in [2.75, 3.05) is 5.32 Å². The molecule has 2 N–H and O–H groups in total. The minimum atomic E-state index is -0.352. The van der Waals surface area contributed by atoms with Gasteiger partial charge in [0.05, 0.1) is 0 Å². The molecule has 1 aliphatic heterocycles. The molecule has 2 heterocycles. The first-order valence-electron chi connectivity index (χ1n) is 6.61. The number of fused-ring (bicyclic) bond motifs is 2. The second kappa shape index (κ2) is 4.31. The Hall–Kier alpha value is -2.88. The van der Waals surface area contributed by atoms with Gasteiger partial charge in [0.25, 0.3) is 5.91 Å². The Morgan fingerprint density at radius 1 is 1.10 bits per heavy atom. The first-order valence-corrected chi connectivity index (χ1v) is 6.61. The van der Waals surface area contributed by atoms with Crippen molar-refractivity contribution in [1.29, 1.82) is 0 Å². The van der Waals surface area contributed by atoms with E-state index in [2.05, 4.69) is 10.3 Å². The number of hydrogen-bond donors (Lipinski definition) is 2. The first kappa shape index (κ1) is 11.9. The number of carbonyl (C=O) groups excluding carboxylic acids is 1. The van der Waals surface area contributed by atoms with Crippen LogP contribution in [0.15, 0.2) is 48.7 Å². The van der Waals surface area contributed by atoms with Crippen molar-refractivity contribution in [3.63, 3.8) is 0 Å². The van der Waals surface area contributed by atoms with Gasteiger partial charge in [-0.2, -0.15) is 0 Å². The molecule has 2 aromatic carbocycles. The standard InChI is InChI=1S/C17H11FN2O/c18-11-5-6-16-13(8-11)14(17(21)20-16)7-10-9-19-15-4-2-1-3-12(10)15/h1-9,19H,(H,20,21)/b14-7+. The van der Waals surface area contributed by atoms with Crippen LogP contribution in [0.4, 0.5) is 10.1 Å². The molecular weight excluding hydrogens is 267 g/mol. The molecule has 102 valence electrons. The Bertz CT molecular complexity index is 908. The third-order valence-corrected chi connectivity index (χ3v) is 3.69. The third-order valence-electron chi connectivity index (χ3n) is 3.69. The summed E-state index contributed by atoms with van der Waals surface area (Å²) in [6.07, 6.45) is 3.64. The number of aromatic nitrogens is 1. The summed E-state index contributed by atoms with van der Waals surface area (Å²) >= 11 is 0. The molecule has 3 nitrogen and oxygen atoms in total. The van der Waals surface area contributed by atoms with Gasteiger partial charge < -0.3 is 10.3 Å². The molecule has 1 amide bonds. The van der Waals surface area contributed by atoms with Crippen LogP contribution in [0.25, 0.3) is 22.6 Å². The molecule has 0 aliphatic carbocycles. The SMILES string of the molecule is O=C1Nc2ccc(F)cc2/C1=C\c1c[nH]c2ccccc12. The van der Waals surface area contributed by atoms with Gasteiger partial charge in [-0.15, -0.1) is 0 Å². The fraction of sp³-hybridized carbons (Fsp3) is 0. The van der Waals surface area contributed by atoms with E-state index in [0.717, 1.165) is 16.5 Å². The Balaban J connectivity index is 1.90. The van der Waals surface area contributed by atoms with Gasteiger partial charge in [-0.25, -0.2) is 4.39 Å². The summed E-state index contributed by atoms with van der Waals surface area (Å²) in [5.41, 5.74) is 3.64. The highest BCUT2D eigenvalue weighted by atomic mass is 19.1. The number of benzene rings is 2. The van der Waals surface area contributed by atoms with Crippen LogP contribution < -0.4 is 5.32 Å². The second-order valence-corrected chi connectivity index (χ2v) is 4.99. The van der Waals surface area contributed by atoms with Gasteiger partial charge in [0.1, 0.15) is 5.82 Å². The van der Waals surface area contributed by atoms with E-state index in [4.69, 9.17) is 0 Å². The van der Waals surface area contributed by atoms with Crippen molar-refractivity contribution in [3.8, 4) is 0 Å². The molecule has 0 spiro atoms. The number of carbonyl (C=O) groups is 1. The smallest absolute Gasteiger partial charge is 0.256 e. The molecule has 0 unspecified atom stereocenters. The second-order valence-electron chi connectivity index (χ2n) is 4.99. The number of para-hydroxylation sites is 1. The maximum Gasteiger partial charge on any atom is 0.256 e. The number of H-pyrrole nitrogens is 1. The maximum absolute atomic E-state index is 13.4. The summed E-state index contributed by atoms with van der Waals surface area (Å²) in [6, 6.07) is 12.2. The zero-order valence-electron chi connectivity index (χ0n) is 11.0. The highest BCUT2D eigenvalue weighted by molar-refractivity contribution is 6.35. The number of anilines is 1. The van der Waals surface area contributed by atoms with E-state index in [1.807, 2.05) is 30.5 Å². The molecule has 0 atom stereocenters. The average Bonchev–Trinajstić information content (AvgIpc) is 3.02. The van der Waals surface area contributed by atoms with E-state index in [-0.39, 0.29) is 11.7 Å². The quantitative estimate of drug-likeness (QED) is 0.653. The summed E-state index contributed by atoms with van der Waals surface area (Å²) in [4.78, 5) is 15.3. The van der Waals surface area contributed by atoms with Crippen LogP contribution in [0.2, 0.25) is 0 Å². The molecule has 0 radical (unpaired) electrons. The third kappa shape index (κ3) is 1.84. The minimum absolute atomic E-state index is 0.208. The highest BCUT2D eigenvalue weighted by Gasteiger charge is 2.24. The zero-order valence-corrected chi connectivity index (χ0v) is 11.0. The van der Waals surface area contributed by atoms with E-state index in [9.17, 15) is 9.18 Å². The van der Waals surface area contributed by atoms with Gasteiger partial charge in [0.2, 0.25) is 0 Å². The minimum Gasteiger partial charge on any atom is -0.361 e. The first-order chi connectivity index (χ1) is 10.2. The van der Waals surface area contributed by atoms with E-state index in [1.165, 1.54) is 12.1 Å². The Kier molecular flexibility index (Phi) is 2.44. The summed E-state index contributed by atoms with van der Waals surface area (Å²) < 4.78 is 13.4. The number of nitrogens with one attached hydrogen (secondary N) is 2. The lowest BCUT2D eigenvalue weighted by atomic mass is 10.0. The lowest BCUT2D eigenvalue weighted by Crippen LogP contribution is -2.03. The number of halogens is 1. The van der Waals surface area contributed by atoms with Crippen LogP contribution in [0.3, 0.4) is 0 Å². The Morgan fingerprint density at radius 2 is 1.95 bits per heavy atom. The van der Waals surface area contributed by atoms with Gasteiger partial charge in [-0.05, 0) is 30.3 Å². The summed E-state index contributed by atoms with van der Waals surface area (Å²) in [6.45, 7) is 0. The Morgan fingerprint density at radius 3 is 2.86 bits per heavy atom. The van der Waals surface area contributed by atoms with Gasteiger partial charge in [0, 0.05) is 39.5 Å². The molecule has 4 heteroatoms. The summed E-state index contributed by atoms with van der Waals surface area (Å²) in [5.74, 6) is -0.559. The largest absolute Gasteiger partial charge is 0.361 e. The van der Waals surface area contributed by atoms with Crippen molar-refractivity contribution in [3.05, 3.63) is 65.6 Å². The molecule has 4 rings (SSSR count). The lowest BCUT2D eigenvalue weighted by Gasteiger charge is -1.98. The molecule has 3 aromatic rings. The van der Waals surface area contributed by atoms with Crippen LogP contribution in [-0.4, -0.2) is 10.9 Å². The topological polar surface area (TPSA) is 44.9 Å². The van der Waals surface area contributed by atoms with Gasteiger partial charge >= 0.3 is 0 Å². The average molecular weight is 278 g/mol. The van der Waals surface area contributed by atoms with Crippen LogP contribution in [-0.2, 0) is 4.79 Å². The van der Waals surface area contributed by atoms with Gasteiger partial charge in [0.15, 0.2) is 0 Å². The van der Waals surface area contributed by atoms with Gasteiger partial charge in [-0.1, -0.05) is 18.2 Å². The predicted octanol–water partition coefficient (Wildman–Crippen LogP) is 3.80.